The molecule has 0 radical (unpaired) electrons. The van der Waals surface area contributed by atoms with Crippen molar-refractivity contribution in [1.82, 2.24) is 5.32 Å². The van der Waals surface area contributed by atoms with Crippen molar-refractivity contribution in [3.8, 4) is 0 Å². The van der Waals surface area contributed by atoms with Gasteiger partial charge in [0.2, 0.25) is 5.91 Å². The van der Waals surface area contributed by atoms with Crippen LogP contribution in [0.2, 0.25) is 0 Å². The van der Waals surface area contributed by atoms with Crippen molar-refractivity contribution >= 4 is 23.2 Å². The number of hydrogen-bond donors (Lipinski definition) is 2. The molecule has 1 heterocycles. The third-order valence-corrected chi connectivity index (χ3v) is 4.60. The number of rotatable bonds is 7. The van der Waals surface area contributed by atoms with E-state index in [-0.39, 0.29) is 18.9 Å². The molecule has 1 atom stereocenters. The molecule has 116 valence electrons. The normalized spacial score (nSPS) is 13.3. The Bertz CT molecular complexity index is 625. The van der Waals surface area contributed by atoms with Gasteiger partial charge in [0.1, 0.15) is 5.41 Å². The van der Waals surface area contributed by atoms with Gasteiger partial charge in [0.15, 0.2) is 0 Å². The Labute approximate surface area is 133 Å². The molecule has 1 unspecified atom stereocenters. The molecule has 22 heavy (non-hydrogen) atoms. The van der Waals surface area contributed by atoms with Gasteiger partial charge in [0.05, 0.1) is 6.42 Å². The van der Waals surface area contributed by atoms with Crippen molar-refractivity contribution in [2.24, 2.45) is 0 Å². The summed E-state index contributed by atoms with van der Waals surface area (Å²) in [6.07, 6.45) is 0.683. The maximum Gasteiger partial charge on any atom is 0.315 e. The molecule has 0 spiro atoms. The summed E-state index contributed by atoms with van der Waals surface area (Å²) in [5.74, 6) is -1.08. The highest BCUT2D eigenvalue weighted by molar-refractivity contribution is 7.07. The van der Waals surface area contributed by atoms with Crippen molar-refractivity contribution in [3.63, 3.8) is 0 Å². The van der Waals surface area contributed by atoms with Crippen molar-refractivity contribution in [3.05, 3.63) is 58.3 Å². The molecule has 0 aliphatic carbocycles. The Hall–Kier alpha value is -2.14. The van der Waals surface area contributed by atoms with Crippen LogP contribution >= 0.6 is 11.3 Å². The van der Waals surface area contributed by atoms with Crippen molar-refractivity contribution in [1.29, 1.82) is 0 Å². The number of aliphatic carboxylic acids is 1. The number of nitrogens with one attached hydrogen (secondary N) is 1. The van der Waals surface area contributed by atoms with Crippen LogP contribution in [0.3, 0.4) is 0 Å². The number of hydrogen-bond acceptors (Lipinski definition) is 3. The first-order chi connectivity index (χ1) is 10.6. The lowest BCUT2D eigenvalue weighted by Gasteiger charge is -2.29. The van der Waals surface area contributed by atoms with Gasteiger partial charge in [-0.1, -0.05) is 37.3 Å². The number of carboxylic acid groups (broad SMARTS) is 1. The second kappa shape index (κ2) is 7.22. The molecule has 0 saturated heterocycles. The fraction of sp³-hybridized carbons (Fsp3) is 0.294. The maximum atomic E-state index is 12.0. The van der Waals surface area contributed by atoms with Crippen LogP contribution in [-0.4, -0.2) is 23.5 Å². The summed E-state index contributed by atoms with van der Waals surface area (Å²) in [6.45, 7) is 1.91. The molecule has 5 heteroatoms. The van der Waals surface area contributed by atoms with Crippen LogP contribution in [0.1, 0.15) is 24.5 Å². The summed E-state index contributed by atoms with van der Waals surface area (Å²) in [4.78, 5) is 23.9. The summed E-state index contributed by atoms with van der Waals surface area (Å²) in [7, 11) is 0. The summed E-state index contributed by atoms with van der Waals surface area (Å²) in [5.41, 5.74) is 0.562. The summed E-state index contributed by atoms with van der Waals surface area (Å²) < 4.78 is 0. The highest BCUT2D eigenvalue weighted by atomic mass is 32.1. The maximum absolute atomic E-state index is 12.0. The average Bonchev–Trinajstić information content (AvgIpc) is 3.02. The summed E-state index contributed by atoms with van der Waals surface area (Å²) in [6, 6.07) is 11.0. The molecule has 4 nitrogen and oxygen atoms in total. The van der Waals surface area contributed by atoms with E-state index in [2.05, 4.69) is 5.32 Å². The van der Waals surface area contributed by atoms with Gasteiger partial charge in [-0.3, -0.25) is 9.59 Å². The molecular weight excluding hydrogens is 298 g/mol. The Morgan fingerprint density at radius 1 is 1.23 bits per heavy atom. The number of carboxylic acids is 1. The van der Waals surface area contributed by atoms with Crippen molar-refractivity contribution in [2.75, 3.05) is 6.54 Å². The predicted molar refractivity (Wildman–Crippen MR) is 87.1 cm³/mol. The van der Waals surface area contributed by atoms with Gasteiger partial charge in [0, 0.05) is 6.54 Å². The van der Waals surface area contributed by atoms with Gasteiger partial charge in [-0.15, -0.1) is 0 Å². The van der Waals surface area contributed by atoms with Gasteiger partial charge < -0.3 is 10.4 Å². The molecule has 0 fully saturated rings. The Balaban J connectivity index is 2.11. The van der Waals surface area contributed by atoms with E-state index in [1.54, 1.807) is 12.1 Å². The van der Waals surface area contributed by atoms with Gasteiger partial charge in [-0.2, -0.15) is 11.3 Å². The predicted octanol–water partition coefficient (Wildman–Crippen LogP) is 2.84. The lowest BCUT2D eigenvalue weighted by atomic mass is 9.78. The first-order valence-corrected chi connectivity index (χ1v) is 8.09. The standard InChI is InChI=1S/C17H19NO3S/c1-2-17(16(20)21,14-6-4-3-5-7-14)12-18-15(19)10-13-8-9-22-11-13/h3-9,11H,2,10,12H2,1H3,(H,18,19)(H,20,21). The summed E-state index contributed by atoms with van der Waals surface area (Å²) in [5, 5.41) is 16.3. The number of carbonyl (C=O) groups is 2. The molecule has 0 aliphatic heterocycles. The second-order valence-corrected chi connectivity index (χ2v) is 5.97. The van der Waals surface area contributed by atoms with E-state index in [0.717, 1.165) is 5.56 Å². The lowest BCUT2D eigenvalue weighted by molar-refractivity contribution is -0.144. The van der Waals surface area contributed by atoms with E-state index >= 15 is 0 Å². The molecule has 1 amide bonds. The van der Waals surface area contributed by atoms with Gasteiger partial charge >= 0.3 is 5.97 Å². The second-order valence-electron chi connectivity index (χ2n) is 5.19. The van der Waals surface area contributed by atoms with Gasteiger partial charge in [-0.05, 0) is 34.4 Å². The monoisotopic (exact) mass is 317 g/mol. The first-order valence-electron chi connectivity index (χ1n) is 7.15. The Morgan fingerprint density at radius 2 is 1.95 bits per heavy atom. The molecule has 2 N–H and O–H groups in total. The third kappa shape index (κ3) is 3.54. The minimum absolute atomic E-state index is 0.0891. The van der Waals surface area contributed by atoms with Crippen LogP contribution in [0.4, 0.5) is 0 Å². The largest absolute Gasteiger partial charge is 0.481 e. The molecule has 1 aromatic carbocycles. The highest BCUT2D eigenvalue weighted by Crippen LogP contribution is 2.27. The van der Waals surface area contributed by atoms with Crippen LogP contribution in [0.25, 0.3) is 0 Å². The SMILES string of the molecule is CCC(CNC(=O)Cc1ccsc1)(C(=O)O)c1ccccc1. The number of benzene rings is 1. The zero-order valence-corrected chi connectivity index (χ0v) is 13.2. The third-order valence-electron chi connectivity index (χ3n) is 3.87. The van der Waals surface area contributed by atoms with E-state index in [9.17, 15) is 14.7 Å². The fourth-order valence-electron chi connectivity index (χ4n) is 2.43. The first kappa shape index (κ1) is 16.2. The van der Waals surface area contributed by atoms with Crippen LogP contribution in [0.5, 0.6) is 0 Å². The Kier molecular flexibility index (Phi) is 5.33. The quantitative estimate of drug-likeness (QED) is 0.825. The molecular formula is C17H19NO3S. The summed E-state index contributed by atoms with van der Waals surface area (Å²) >= 11 is 1.54. The molecule has 2 rings (SSSR count). The molecule has 0 aliphatic rings. The van der Waals surface area contributed by atoms with Gasteiger partial charge in [0.25, 0.3) is 0 Å². The van der Waals surface area contributed by atoms with E-state index < -0.39 is 11.4 Å². The molecule has 1 aromatic heterocycles. The van der Waals surface area contributed by atoms with Crippen LogP contribution in [0, 0.1) is 0 Å². The fourth-order valence-corrected chi connectivity index (χ4v) is 3.10. The minimum atomic E-state index is -1.09. The van der Waals surface area contributed by atoms with Crippen molar-refractivity contribution < 1.29 is 14.7 Å². The van der Waals surface area contributed by atoms with E-state index in [4.69, 9.17) is 0 Å². The highest BCUT2D eigenvalue weighted by Gasteiger charge is 2.38. The average molecular weight is 317 g/mol. The lowest BCUT2D eigenvalue weighted by Crippen LogP contribution is -2.46. The number of amides is 1. The Morgan fingerprint density at radius 3 is 2.50 bits per heavy atom. The topological polar surface area (TPSA) is 66.4 Å². The zero-order valence-electron chi connectivity index (χ0n) is 12.4. The minimum Gasteiger partial charge on any atom is -0.481 e. The van der Waals surface area contributed by atoms with Crippen LogP contribution in [0.15, 0.2) is 47.2 Å². The molecule has 2 aromatic rings. The van der Waals surface area contributed by atoms with Crippen LogP contribution in [-0.2, 0) is 21.4 Å². The van der Waals surface area contributed by atoms with E-state index in [0.29, 0.717) is 12.0 Å². The van der Waals surface area contributed by atoms with E-state index in [1.165, 1.54) is 11.3 Å². The molecule has 0 bridgehead atoms. The zero-order chi connectivity index (χ0) is 16.0. The van der Waals surface area contributed by atoms with E-state index in [1.807, 2.05) is 41.9 Å². The van der Waals surface area contributed by atoms with Gasteiger partial charge in [-0.25, -0.2) is 0 Å². The number of thiophene rings is 1. The number of carbonyl (C=O) groups excluding carboxylic acids is 1. The van der Waals surface area contributed by atoms with Crippen molar-refractivity contribution in [2.45, 2.75) is 25.2 Å². The smallest absolute Gasteiger partial charge is 0.315 e. The van der Waals surface area contributed by atoms with Crippen LogP contribution < -0.4 is 5.32 Å². The molecule has 0 saturated carbocycles.